The van der Waals surface area contributed by atoms with Crippen molar-refractivity contribution < 1.29 is 9.18 Å². The van der Waals surface area contributed by atoms with Gasteiger partial charge in [0, 0.05) is 25.6 Å². The van der Waals surface area contributed by atoms with Crippen LogP contribution in [-0.4, -0.2) is 44.7 Å². The van der Waals surface area contributed by atoms with Crippen LogP contribution in [0.15, 0.2) is 24.3 Å². The highest BCUT2D eigenvalue weighted by Crippen LogP contribution is 2.41. The maximum Gasteiger partial charge on any atom is 0.289 e. The monoisotopic (exact) mass is 383 g/mol. The molecular weight excluding hydrogens is 357 g/mol. The number of likely N-dealkylation sites (tertiary alicyclic amines) is 1. The fraction of sp³-hybridized carbons (Fsp3) is 0.571. The van der Waals surface area contributed by atoms with Crippen molar-refractivity contribution in [1.29, 1.82) is 0 Å². The molecule has 2 fully saturated rings. The van der Waals surface area contributed by atoms with Crippen LogP contribution in [0.25, 0.3) is 0 Å². The van der Waals surface area contributed by atoms with Gasteiger partial charge in [-0.25, -0.2) is 4.39 Å². The largest absolute Gasteiger partial charge is 0.347 e. The molecular formula is C21H26FN5O. The van der Waals surface area contributed by atoms with E-state index < -0.39 is 0 Å². The first-order chi connectivity index (χ1) is 13.6. The van der Waals surface area contributed by atoms with Crippen LogP contribution in [-0.2, 0) is 19.5 Å². The number of aryl methyl sites for hydroxylation is 1. The van der Waals surface area contributed by atoms with Crippen LogP contribution in [0.3, 0.4) is 0 Å². The normalized spacial score (nSPS) is 21.5. The minimum Gasteiger partial charge on any atom is -0.347 e. The summed E-state index contributed by atoms with van der Waals surface area (Å²) in [6.07, 6.45) is 6.35. The van der Waals surface area contributed by atoms with Crippen molar-refractivity contribution in [2.75, 3.05) is 13.1 Å². The number of carbonyl (C=O) groups excluding carboxylic acids is 1. The van der Waals surface area contributed by atoms with Gasteiger partial charge in [-0.3, -0.25) is 9.69 Å². The van der Waals surface area contributed by atoms with Crippen LogP contribution in [0.5, 0.6) is 0 Å². The molecule has 2 aromatic rings. The van der Waals surface area contributed by atoms with Gasteiger partial charge in [-0.1, -0.05) is 12.1 Å². The number of aromatic nitrogens is 3. The lowest BCUT2D eigenvalue weighted by atomic mass is 9.73. The van der Waals surface area contributed by atoms with Gasteiger partial charge in [0.05, 0.1) is 0 Å². The van der Waals surface area contributed by atoms with Gasteiger partial charge in [-0.2, -0.15) is 0 Å². The molecule has 3 aliphatic rings. The number of nitrogens with one attached hydrogen (secondary N) is 1. The zero-order chi connectivity index (χ0) is 19.1. The minimum absolute atomic E-state index is 0.0768. The first-order valence-corrected chi connectivity index (χ1v) is 10.3. The first-order valence-electron chi connectivity index (χ1n) is 10.3. The molecule has 0 unspecified atom stereocenters. The van der Waals surface area contributed by atoms with E-state index in [0.717, 1.165) is 76.1 Å². The Labute approximate surface area is 164 Å². The Morgan fingerprint density at radius 2 is 1.89 bits per heavy atom. The molecule has 7 heteroatoms. The summed E-state index contributed by atoms with van der Waals surface area (Å²) in [7, 11) is 0. The molecule has 1 aliphatic carbocycles. The van der Waals surface area contributed by atoms with Gasteiger partial charge in [0.15, 0.2) is 0 Å². The first kappa shape index (κ1) is 17.8. The molecule has 1 aromatic heterocycles. The van der Waals surface area contributed by atoms with Crippen LogP contribution < -0.4 is 5.32 Å². The second-order valence-electron chi connectivity index (χ2n) is 8.68. The summed E-state index contributed by atoms with van der Waals surface area (Å²) in [6, 6.07) is 7.13. The molecule has 5 rings (SSSR count). The molecule has 3 heterocycles. The lowest BCUT2D eigenvalue weighted by molar-refractivity contribution is 0.0618. The van der Waals surface area contributed by atoms with Crippen LogP contribution in [0.2, 0.25) is 0 Å². The zero-order valence-corrected chi connectivity index (χ0v) is 16.0. The Bertz CT molecular complexity index is 865. The third-order valence-corrected chi connectivity index (χ3v) is 6.55. The third kappa shape index (κ3) is 3.55. The van der Waals surface area contributed by atoms with E-state index in [-0.39, 0.29) is 17.1 Å². The summed E-state index contributed by atoms with van der Waals surface area (Å²) >= 11 is 0. The zero-order valence-electron chi connectivity index (χ0n) is 16.0. The quantitative estimate of drug-likeness (QED) is 0.881. The molecule has 0 radical (unpaired) electrons. The van der Waals surface area contributed by atoms with Gasteiger partial charge in [0.1, 0.15) is 11.6 Å². The van der Waals surface area contributed by atoms with Crippen LogP contribution in [0.1, 0.15) is 54.1 Å². The highest BCUT2D eigenvalue weighted by atomic mass is 19.1. The van der Waals surface area contributed by atoms with Crippen molar-refractivity contribution in [3.8, 4) is 0 Å². The maximum atomic E-state index is 13.1. The number of hydrogen-bond acceptors (Lipinski definition) is 4. The molecule has 1 N–H and O–H groups in total. The van der Waals surface area contributed by atoms with Crippen molar-refractivity contribution in [2.24, 2.45) is 5.41 Å². The van der Waals surface area contributed by atoms with Crippen molar-refractivity contribution in [1.82, 2.24) is 25.0 Å². The van der Waals surface area contributed by atoms with Gasteiger partial charge < -0.3 is 9.88 Å². The van der Waals surface area contributed by atoms with Crippen LogP contribution >= 0.6 is 0 Å². The van der Waals surface area contributed by atoms with Crippen LogP contribution in [0.4, 0.5) is 4.39 Å². The Morgan fingerprint density at radius 1 is 1.14 bits per heavy atom. The predicted molar refractivity (Wildman–Crippen MR) is 102 cm³/mol. The number of hydrogen-bond donors (Lipinski definition) is 1. The van der Waals surface area contributed by atoms with E-state index in [0.29, 0.717) is 11.9 Å². The Morgan fingerprint density at radius 3 is 2.61 bits per heavy atom. The fourth-order valence-corrected chi connectivity index (χ4v) is 4.57. The average molecular weight is 383 g/mol. The summed E-state index contributed by atoms with van der Waals surface area (Å²) in [5.74, 6) is 1.16. The van der Waals surface area contributed by atoms with E-state index in [2.05, 4.69) is 25.0 Å². The fourth-order valence-electron chi connectivity index (χ4n) is 4.57. The number of halogens is 1. The summed E-state index contributed by atoms with van der Waals surface area (Å²) < 4.78 is 15.2. The topological polar surface area (TPSA) is 63.1 Å². The molecule has 28 heavy (non-hydrogen) atoms. The van der Waals surface area contributed by atoms with Crippen molar-refractivity contribution in [3.63, 3.8) is 0 Å². The van der Waals surface area contributed by atoms with E-state index in [1.54, 1.807) is 0 Å². The van der Waals surface area contributed by atoms with Gasteiger partial charge in [-0.05, 0) is 68.3 Å². The third-order valence-electron chi connectivity index (χ3n) is 6.55. The number of piperidine rings is 1. The Hall–Kier alpha value is -2.28. The highest BCUT2D eigenvalue weighted by molar-refractivity contribution is 5.91. The van der Waals surface area contributed by atoms with Gasteiger partial charge in [0.25, 0.3) is 5.91 Å². The van der Waals surface area contributed by atoms with Gasteiger partial charge >= 0.3 is 0 Å². The molecule has 2 aliphatic heterocycles. The molecule has 0 atom stereocenters. The second-order valence-corrected chi connectivity index (χ2v) is 8.68. The van der Waals surface area contributed by atoms with E-state index in [9.17, 15) is 9.18 Å². The standard InChI is InChI=1S/C21H26FN5O/c22-16-3-1-15(2-4-16)13-26-11-9-21(10-12-26)8-7-18-24-25-19(27(18)14-21)20(28)23-17-5-6-17/h1-4,17H,5-14H2,(H,23,28). The summed E-state index contributed by atoms with van der Waals surface area (Å²) in [5, 5.41) is 11.5. The van der Waals surface area contributed by atoms with E-state index in [4.69, 9.17) is 0 Å². The summed E-state index contributed by atoms with van der Waals surface area (Å²) in [4.78, 5) is 15.0. The van der Waals surface area contributed by atoms with Crippen molar-refractivity contribution >= 4 is 5.91 Å². The maximum absolute atomic E-state index is 13.1. The highest BCUT2D eigenvalue weighted by Gasteiger charge is 2.40. The number of benzene rings is 1. The summed E-state index contributed by atoms with van der Waals surface area (Å²) in [5.41, 5.74) is 1.38. The number of rotatable bonds is 4. The predicted octanol–water partition coefficient (Wildman–Crippen LogP) is 2.54. The summed E-state index contributed by atoms with van der Waals surface area (Å²) in [6.45, 7) is 3.76. The molecule has 1 saturated heterocycles. The average Bonchev–Trinajstić information content (AvgIpc) is 3.42. The van der Waals surface area contributed by atoms with Crippen LogP contribution in [0, 0.1) is 11.2 Å². The molecule has 0 bridgehead atoms. The molecule has 1 saturated carbocycles. The lowest BCUT2D eigenvalue weighted by Gasteiger charge is -2.44. The Balaban J connectivity index is 1.24. The van der Waals surface area contributed by atoms with Crippen molar-refractivity contribution in [3.05, 3.63) is 47.3 Å². The molecule has 1 amide bonds. The molecule has 1 aromatic carbocycles. The lowest BCUT2D eigenvalue weighted by Crippen LogP contribution is -2.44. The van der Waals surface area contributed by atoms with E-state index in [1.807, 2.05) is 12.1 Å². The van der Waals surface area contributed by atoms with Gasteiger partial charge in [-0.15, -0.1) is 10.2 Å². The molecule has 148 valence electrons. The van der Waals surface area contributed by atoms with E-state index in [1.165, 1.54) is 12.1 Å². The van der Waals surface area contributed by atoms with Crippen molar-refractivity contribution in [2.45, 2.75) is 57.7 Å². The number of fused-ring (bicyclic) bond motifs is 1. The SMILES string of the molecule is O=C(NC1CC1)c1nnc2n1CC1(CC2)CCN(Cc2ccc(F)cc2)CC1. The minimum atomic E-state index is -0.185. The second kappa shape index (κ2) is 6.95. The Kier molecular flexibility index (Phi) is 4.42. The number of carbonyl (C=O) groups is 1. The van der Waals surface area contributed by atoms with Gasteiger partial charge in [0.2, 0.25) is 5.82 Å². The molecule has 1 spiro atoms. The molecule has 6 nitrogen and oxygen atoms in total. The van der Waals surface area contributed by atoms with E-state index >= 15 is 0 Å². The smallest absolute Gasteiger partial charge is 0.289 e. The number of nitrogens with zero attached hydrogens (tertiary/aromatic N) is 4. The number of amides is 1.